The maximum absolute atomic E-state index is 11.7. The van der Waals surface area contributed by atoms with E-state index in [2.05, 4.69) is 45.7 Å². The van der Waals surface area contributed by atoms with Gasteiger partial charge in [-0.2, -0.15) is 4.98 Å². The normalized spacial score (nSPS) is 10.3. The first-order valence-corrected chi connectivity index (χ1v) is 8.64. The van der Waals surface area contributed by atoms with E-state index in [1.54, 1.807) is 18.2 Å². The third-order valence-electron chi connectivity index (χ3n) is 3.94. The number of aromatic nitrogens is 2. The number of esters is 1. The Morgan fingerprint density at radius 2 is 1.85 bits per heavy atom. The van der Waals surface area contributed by atoms with Crippen molar-refractivity contribution in [3.63, 3.8) is 0 Å². The molecule has 3 aromatic rings. The van der Waals surface area contributed by atoms with Crippen molar-refractivity contribution in [3.8, 4) is 0 Å². The summed E-state index contributed by atoms with van der Waals surface area (Å²) in [6, 6.07) is 17.2. The Balaban J connectivity index is 1.74. The molecule has 2 N–H and O–H groups in total. The summed E-state index contributed by atoms with van der Waals surface area (Å²) in [4.78, 5) is 20.6. The molecule has 0 spiro atoms. The molecule has 6 nitrogen and oxygen atoms in total. The molecule has 0 bridgehead atoms. The third-order valence-corrected chi connectivity index (χ3v) is 3.94. The van der Waals surface area contributed by atoms with E-state index >= 15 is 0 Å². The van der Waals surface area contributed by atoms with Gasteiger partial charge in [0.25, 0.3) is 0 Å². The second-order valence-electron chi connectivity index (χ2n) is 6.26. The summed E-state index contributed by atoms with van der Waals surface area (Å²) in [5.41, 5.74) is 4.45. The van der Waals surface area contributed by atoms with Crippen LogP contribution in [-0.2, 0) is 11.3 Å². The van der Waals surface area contributed by atoms with E-state index in [1.807, 2.05) is 25.1 Å². The first kappa shape index (κ1) is 18.4. The molecule has 138 valence electrons. The number of rotatable bonds is 6. The summed E-state index contributed by atoms with van der Waals surface area (Å²) in [6.07, 6.45) is 0. The Morgan fingerprint density at radius 3 is 2.63 bits per heavy atom. The monoisotopic (exact) mass is 362 g/mol. The van der Waals surface area contributed by atoms with Crippen LogP contribution in [0.25, 0.3) is 0 Å². The number of hydrogen-bond donors (Lipinski definition) is 2. The van der Waals surface area contributed by atoms with E-state index in [0.29, 0.717) is 23.9 Å². The molecular weight excluding hydrogens is 340 g/mol. The molecule has 27 heavy (non-hydrogen) atoms. The molecule has 2 aromatic carbocycles. The number of methoxy groups -OCH3 is 1. The van der Waals surface area contributed by atoms with Gasteiger partial charge in [-0.1, -0.05) is 35.9 Å². The fraction of sp³-hybridized carbons (Fsp3) is 0.190. The quantitative estimate of drug-likeness (QED) is 0.639. The molecule has 0 saturated heterocycles. The molecule has 0 fully saturated rings. The lowest BCUT2D eigenvalue weighted by atomic mass is 10.1. The highest BCUT2D eigenvalue weighted by atomic mass is 16.5. The van der Waals surface area contributed by atoms with Crippen LogP contribution in [0.3, 0.4) is 0 Å². The van der Waals surface area contributed by atoms with Crippen molar-refractivity contribution in [1.29, 1.82) is 0 Å². The van der Waals surface area contributed by atoms with Gasteiger partial charge in [0.1, 0.15) is 5.82 Å². The zero-order valence-corrected chi connectivity index (χ0v) is 15.6. The number of carbonyl (C=O) groups excluding carboxylic acids is 1. The van der Waals surface area contributed by atoms with Gasteiger partial charge in [0.15, 0.2) is 0 Å². The molecule has 0 radical (unpaired) electrons. The highest BCUT2D eigenvalue weighted by Crippen LogP contribution is 2.19. The predicted molar refractivity (Wildman–Crippen MR) is 106 cm³/mol. The number of hydrogen-bond acceptors (Lipinski definition) is 6. The molecule has 0 amide bonds. The number of nitrogens with one attached hydrogen (secondary N) is 2. The standard InChI is InChI=1S/C21H22N4O2/c1-14-6-4-7-16(10-14)13-22-21-23-15(2)11-19(25-21)24-18-9-5-8-17(12-18)20(26)27-3/h4-12H,13H2,1-3H3,(H2,22,23,24,25). The van der Waals surface area contributed by atoms with Crippen LogP contribution < -0.4 is 10.6 Å². The summed E-state index contributed by atoms with van der Waals surface area (Å²) in [7, 11) is 1.36. The topological polar surface area (TPSA) is 76.1 Å². The number of aryl methyl sites for hydroxylation is 2. The first-order chi connectivity index (χ1) is 13.0. The Morgan fingerprint density at radius 1 is 1.04 bits per heavy atom. The number of benzene rings is 2. The summed E-state index contributed by atoms with van der Waals surface area (Å²) >= 11 is 0. The first-order valence-electron chi connectivity index (χ1n) is 8.64. The SMILES string of the molecule is COC(=O)c1cccc(Nc2cc(C)nc(NCc3cccc(C)c3)n2)c1. The molecule has 1 heterocycles. The van der Waals surface area contributed by atoms with Crippen LogP contribution in [0.15, 0.2) is 54.6 Å². The number of anilines is 3. The minimum absolute atomic E-state index is 0.377. The molecule has 6 heteroatoms. The molecule has 0 aliphatic carbocycles. The maximum Gasteiger partial charge on any atom is 0.337 e. The van der Waals surface area contributed by atoms with Gasteiger partial charge in [0.05, 0.1) is 12.7 Å². The number of carbonyl (C=O) groups is 1. The van der Waals surface area contributed by atoms with Crippen LogP contribution in [0.1, 0.15) is 27.2 Å². The van der Waals surface area contributed by atoms with Crippen molar-refractivity contribution in [3.05, 3.63) is 77.0 Å². The van der Waals surface area contributed by atoms with Gasteiger partial charge in [-0.15, -0.1) is 0 Å². The minimum Gasteiger partial charge on any atom is -0.465 e. The van der Waals surface area contributed by atoms with Crippen LogP contribution in [0.5, 0.6) is 0 Å². The van der Waals surface area contributed by atoms with E-state index in [-0.39, 0.29) is 5.97 Å². The van der Waals surface area contributed by atoms with Crippen LogP contribution in [0.2, 0.25) is 0 Å². The Hall–Kier alpha value is -3.41. The zero-order valence-electron chi connectivity index (χ0n) is 15.6. The largest absolute Gasteiger partial charge is 0.465 e. The van der Waals surface area contributed by atoms with Crippen LogP contribution in [-0.4, -0.2) is 23.0 Å². The smallest absolute Gasteiger partial charge is 0.337 e. The van der Waals surface area contributed by atoms with E-state index in [9.17, 15) is 4.79 Å². The maximum atomic E-state index is 11.7. The fourth-order valence-electron chi connectivity index (χ4n) is 2.70. The summed E-state index contributed by atoms with van der Waals surface area (Å²) in [5, 5.41) is 6.47. The lowest BCUT2D eigenvalue weighted by Gasteiger charge is -2.11. The zero-order chi connectivity index (χ0) is 19.2. The number of nitrogens with zero attached hydrogens (tertiary/aromatic N) is 2. The van der Waals surface area contributed by atoms with Crippen LogP contribution in [0, 0.1) is 13.8 Å². The van der Waals surface area contributed by atoms with Gasteiger partial charge in [-0.25, -0.2) is 9.78 Å². The van der Waals surface area contributed by atoms with Crippen molar-refractivity contribution < 1.29 is 9.53 Å². The summed E-state index contributed by atoms with van der Waals surface area (Å²) in [5.74, 6) is 0.817. The number of ether oxygens (including phenoxy) is 1. The second-order valence-corrected chi connectivity index (χ2v) is 6.26. The second kappa shape index (κ2) is 8.31. The van der Waals surface area contributed by atoms with Crippen molar-refractivity contribution in [2.45, 2.75) is 20.4 Å². The minimum atomic E-state index is -0.377. The highest BCUT2D eigenvalue weighted by molar-refractivity contribution is 5.90. The fourth-order valence-corrected chi connectivity index (χ4v) is 2.70. The van der Waals surface area contributed by atoms with Gasteiger partial charge in [-0.05, 0) is 37.6 Å². The van der Waals surface area contributed by atoms with Crippen molar-refractivity contribution in [1.82, 2.24) is 9.97 Å². The highest BCUT2D eigenvalue weighted by Gasteiger charge is 2.07. The average Bonchev–Trinajstić information content (AvgIpc) is 2.65. The molecule has 3 rings (SSSR count). The van der Waals surface area contributed by atoms with Gasteiger partial charge < -0.3 is 15.4 Å². The van der Waals surface area contributed by atoms with Gasteiger partial charge in [0.2, 0.25) is 5.95 Å². The Labute approximate surface area is 158 Å². The van der Waals surface area contributed by atoms with Crippen molar-refractivity contribution in [2.75, 3.05) is 17.7 Å². The molecule has 0 atom stereocenters. The summed E-state index contributed by atoms with van der Waals surface area (Å²) < 4.78 is 4.76. The van der Waals surface area contributed by atoms with Gasteiger partial charge >= 0.3 is 5.97 Å². The Bertz CT molecular complexity index is 956. The molecule has 1 aromatic heterocycles. The van der Waals surface area contributed by atoms with Gasteiger partial charge in [-0.3, -0.25) is 0 Å². The van der Waals surface area contributed by atoms with E-state index in [1.165, 1.54) is 18.2 Å². The predicted octanol–water partition coefficient (Wildman–Crippen LogP) is 4.24. The summed E-state index contributed by atoms with van der Waals surface area (Å²) in [6.45, 7) is 4.62. The van der Waals surface area contributed by atoms with Crippen molar-refractivity contribution in [2.24, 2.45) is 0 Å². The molecule has 0 saturated carbocycles. The molecular formula is C21H22N4O2. The van der Waals surface area contributed by atoms with E-state index in [4.69, 9.17) is 4.74 Å². The molecule has 0 aliphatic heterocycles. The third kappa shape index (κ3) is 5.04. The van der Waals surface area contributed by atoms with Crippen LogP contribution >= 0.6 is 0 Å². The average molecular weight is 362 g/mol. The lowest BCUT2D eigenvalue weighted by Crippen LogP contribution is -2.07. The van der Waals surface area contributed by atoms with Crippen LogP contribution in [0.4, 0.5) is 17.5 Å². The Kier molecular flexibility index (Phi) is 5.66. The van der Waals surface area contributed by atoms with E-state index < -0.39 is 0 Å². The van der Waals surface area contributed by atoms with Gasteiger partial charge in [0, 0.05) is 24.0 Å². The molecule has 0 unspecified atom stereocenters. The van der Waals surface area contributed by atoms with E-state index in [0.717, 1.165) is 11.4 Å². The lowest BCUT2D eigenvalue weighted by molar-refractivity contribution is 0.0601. The van der Waals surface area contributed by atoms with Crippen molar-refractivity contribution >= 4 is 23.4 Å². The molecule has 0 aliphatic rings.